The van der Waals surface area contributed by atoms with Crippen LogP contribution >= 0.6 is 11.6 Å². The van der Waals surface area contributed by atoms with Crippen LogP contribution in [-0.2, 0) is 0 Å². The van der Waals surface area contributed by atoms with Gasteiger partial charge in [-0.05, 0) is 36.4 Å². The van der Waals surface area contributed by atoms with Crippen molar-refractivity contribution in [3.8, 4) is 11.5 Å². The lowest BCUT2D eigenvalue weighted by Gasteiger charge is -2.08. The molecule has 0 aliphatic carbocycles. The molecule has 0 aliphatic heterocycles. The average molecular weight is 300 g/mol. The molecule has 21 heavy (non-hydrogen) atoms. The number of ether oxygens (including phenoxy) is 1. The molecule has 0 saturated heterocycles. The Labute approximate surface area is 125 Å². The molecule has 1 aromatic heterocycles. The molecule has 0 unspecified atom stereocenters. The summed E-state index contributed by atoms with van der Waals surface area (Å²) in [5.41, 5.74) is 0.435. The van der Waals surface area contributed by atoms with Crippen LogP contribution in [-0.4, -0.2) is 16.1 Å². The van der Waals surface area contributed by atoms with E-state index in [1.54, 1.807) is 18.2 Å². The van der Waals surface area contributed by atoms with Crippen LogP contribution in [0.5, 0.6) is 11.5 Å². The Balaban J connectivity index is 2.02. The number of hydrogen-bond acceptors (Lipinski definition) is 3. The highest BCUT2D eigenvalue weighted by molar-refractivity contribution is 6.35. The van der Waals surface area contributed by atoms with Gasteiger partial charge in [0, 0.05) is 5.39 Å². The number of pyridine rings is 1. The van der Waals surface area contributed by atoms with Gasteiger partial charge in [-0.15, -0.1) is 0 Å². The second-order valence-corrected chi connectivity index (χ2v) is 4.80. The van der Waals surface area contributed by atoms with Crippen LogP contribution in [0.2, 0.25) is 5.02 Å². The third kappa shape index (κ3) is 2.80. The SMILES string of the molecule is O=C(O)c1cc(Cl)c2cc(Oc3ccccc3)ccc2n1. The predicted molar refractivity (Wildman–Crippen MR) is 80.2 cm³/mol. The van der Waals surface area contributed by atoms with Gasteiger partial charge < -0.3 is 9.84 Å². The predicted octanol–water partition coefficient (Wildman–Crippen LogP) is 4.38. The number of carboxylic acids is 1. The van der Waals surface area contributed by atoms with Crippen molar-refractivity contribution in [3.05, 3.63) is 65.3 Å². The number of carbonyl (C=O) groups is 1. The molecular formula is C16H10ClNO3. The van der Waals surface area contributed by atoms with Crippen LogP contribution in [0.1, 0.15) is 10.5 Å². The molecular weight excluding hydrogens is 290 g/mol. The first-order valence-electron chi connectivity index (χ1n) is 6.20. The molecule has 0 aliphatic rings. The maximum absolute atomic E-state index is 11.0. The lowest BCUT2D eigenvalue weighted by molar-refractivity contribution is 0.0691. The smallest absolute Gasteiger partial charge is 0.354 e. The Hall–Kier alpha value is -2.59. The van der Waals surface area contributed by atoms with Gasteiger partial charge in [0.2, 0.25) is 0 Å². The molecule has 1 N–H and O–H groups in total. The van der Waals surface area contributed by atoms with Crippen molar-refractivity contribution in [2.45, 2.75) is 0 Å². The quantitative estimate of drug-likeness (QED) is 0.779. The van der Waals surface area contributed by atoms with Crippen molar-refractivity contribution >= 4 is 28.5 Å². The van der Waals surface area contributed by atoms with Crippen molar-refractivity contribution in [1.82, 2.24) is 4.98 Å². The van der Waals surface area contributed by atoms with Crippen LogP contribution in [0.15, 0.2) is 54.6 Å². The molecule has 1 heterocycles. The Morgan fingerprint density at radius 2 is 1.81 bits per heavy atom. The molecule has 4 nitrogen and oxygen atoms in total. The summed E-state index contributed by atoms with van der Waals surface area (Å²) < 4.78 is 5.72. The van der Waals surface area contributed by atoms with Gasteiger partial charge in [0.05, 0.1) is 10.5 Å². The summed E-state index contributed by atoms with van der Waals surface area (Å²) in [5, 5.41) is 9.95. The van der Waals surface area contributed by atoms with Crippen molar-refractivity contribution in [2.75, 3.05) is 0 Å². The third-order valence-corrected chi connectivity index (χ3v) is 3.24. The van der Waals surface area contributed by atoms with Crippen LogP contribution < -0.4 is 4.74 Å². The molecule has 3 rings (SSSR count). The molecule has 3 aromatic rings. The molecule has 2 aromatic carbocycles. The van der Waals surface area contributed by atoms with Gasteiger partial charge >= 0.3 is 5.97 Å². The Morgan fingerprint density at radius 3 is 2.52 bits per heavy atom. The molecule has 0 saturated carbocycles. The van der Waals surface area contributed by atoms with Gasteiger partial charge in [-0.1, -0.05) is 29.8 Å². The van der Waals surface area contributed by atoms with Gasteiger partial charge in [-0.3, -0.25) is 0 Å². The van der Waals surface area contributed by atoms with Crippen molar-refractivity contribution in [2.24, 2.45) is 0 Å². The number of hydrogen-bond donors (Lipinski definition) is 1. The Morgan fingerprint density at radius 1 is 1.05 bits per heavy atom. The number of carboxylic acid groups (broad SMARTS) is 1. The number of aromatic nitrogens is 1. The normalized spacial score (nSPS) is 10.5. The highest BCUT2D eigenvalue weighted by Crippen LogP contribution is 2.29. The summed E-state index contributed by atoms with van der Waals surface area (Å²) in [6, 6.07) is 15.8. The molecule has 0 bridgehead atoms. The van der Waals surface area contributed by atoms with Crippen LogP contribution in [0.25, 0.3) is 10.9 Å². The van der Waals surface area contributed by atoms with E-state index in [4.69, 9.17) is 21.4 Å². The number of benzene rings is 2. The number of rotatable bonds is 3. The lowest BCUT2D eigenvalue weighted by atomic mass is 10.2. The first-order valence-corrected chi connectivity index (χ1v) is 6.58. The van der Waals surface area contributed by atoms with E-state index in [9.17, 15) is 4.79 Å². The maximum Gasteiger partial charge on any atom is 0.354 e. The monoisotopic (exact) mass is 299 g/mol. The van der Waals surface area contributed by atoms with E-state index in [0.29, 0.717) is 27.4 Å². The van der Waals surface area contributed by atoms with E-state index in [1.807, 2.05) is 30.3 Å². The topological polar surface area (TPSA) is 59.4 Å². The van der Waals surface area contributed by atoms with E-state index in [1.165, 1.54) is 6.07 Å². The summed E-state index contributed by atoms with van der Waals surface area (Å²) in [6.45, 7) is 0. The summed E-state index contributed by atoms with van der Waals surface area (Å²) in [7, 11) is 0. The largest absolute Gasteiger partial charge is 0.477 e. The molecule has 104 valence electrons. The molecule has 0 amide bonds. The number of nitrogens with zero attached hydrogens (tertiary/aromatic N) is 1. The summed E-state index contributed by atoms with van der Waals surface area (Å²) in [5.74, 6) is 0.215. The molecule has 0 spiro atoms. The first-order chi connectivity index (χ1) is 10.1. The van der Waals surface area contributed by atoms with Gasteiger partial charge in [-0.2, -0.15) is 0 Å². The number of fused-ring (bicyclic) bond motifs is 1. The number of para-hydroxylation sites is 1. The fourth-order valence-corrected chi connectivity index (χ4v) is 2.22. The van der Waals surface area contributed by atoms with E-state index in [-0.39, 0.29) is 5.69 Å². The molecule has 0 atom stereocenters. The first kappa shape index (κ1) is 13.4. The highest BCUT2D eigenvalue weighted by Gasteiger charge is 2.10. The number of halogens is 1. The average Bonchev–Trinajstić information content (AvgIpc) is 2.48. The maximum atomic E-state index is 11.0. The summed E-state index contributed by atoms with van der Waals surface area (Å²) in [4.78, 5) is 15.0. The summed E-state index contributed by atoms with van der Waals surface area (Å²) >= 11 is 6.12. The Kier molecular flexibility index (Phi) is 3.46. The third-order valence-electron chi connectivity index (χ3n) is 2.93. The van der Waals surface area contributed by atoms with E-state index >= 15 is 0 Å². The minimum Gasteiger partial charge on any atom is -0.477 e. The second-order valence-electron chi connectivity index (χ2n) is 4.39. The number of aromatic carboxylic acids is 1. The minimum atomic E-state index is -1.11. The molecule has 0 fully saturated rings. The second kappa shape index (κ2) is 5.42. The zero-order chi connectivity index (χ0) is 14.8. The van der Waals surface area contributed by atoms with E-state index in [2.05, 4.69) is 4.98 Å². The molecule has 5 heteroatoms. The van der Waals surface area contributed by atoms with Crippen molar-refractivity contribution in [1.29, 1.82) is 0 Å². The zero-order valence-electron chi connectivity index (χ0n) is 10.8. The zero-order valence-corrected chi connectivity index (χ0v) is 11.5. The van der Waals surface area contributed by atoms with E-state index < -0.39 is 5.97 Å². The van der Waals surface area contributed by atoms with Crippen LogP contribution in [0.4, 0.5) is 0 Å². The lowest BCUT2D eigenvalue weighted by Crippen LogP contribution is -2.00. The van der Waals surface area contributed by atoms with Gasteiger partial charge in [0.25, 0.3) is 0 Å². The van der Waals surface area contributed by atoms with Crippen LogP contribution in [0, 0.1) is 0 Å². The van der Waals surface area contributed by atoms with Crippen molar-refractivity contribution in [3.63, 3.8) is 0 Å². The van der Waals surface area contributed by atoms with Crippen LogP contribution in [0.3, 0.4) is 0 Å². The summed E-state index contributed by atoms with van der Waals surface area (Å²) in [6.07, 6.45) is 0. The Bertz CT molecular complexity index is 818. The standard InChI is InChI=1S/C16H10ClNO3/c17-13-9-15(16(19)20)18-14-7-6-11(8-12(13)14)21-10-4-2-1-3-5-10/h1-9H,(H,19,20). The molecule has 0 radical (unpaired) electrons. The van der Waals surface area contributed by atoms with Gasteiger partial charge in [-0.25, -0.2) is 9.78 Å². The van der Waals surface area contributed by atoms with Gasteiger partial charge in [0.1, 0.15) is 17.2 Å². The fraction of sp³-hybridized carbons (Fsp3) is 0. The highest BCUT2D eigenvalue weighted by atomic mass is 35.5. The minimum absolute atomic E-state index is 0.0794. The van der Waals surface area contributed by atoms with E-state index in [0.717, 1.165) is 0 Å². The van der Waals surface area contributed by atoms with Crippen molar-refractivity contribution < 1.29 is 14.6 Å². The fourth-order valence-electron chi connectivity index (χ4n) is 1.96. The van der Waals surface area contributed by atoms with Gasteiger partial charge in [0.15, 0.2) is 0 Å².